The molecule has 2 aromatic carbocycles. The second kappa shape index (κ2) is 10.1. The van der Waals surface area contributed by atoms with Crippen molar-refractivity contribution >= 4 is 17.4 Å². The molecule has 2 heterocycles. The number of benzene rings is 2. The maximum atomic E-state index is 14.8. The van der Waals surface area contributed by atoms with Gasteiger partial charge in [0.05, 0.1) is 36.1 Å². The molecule has 0 atom stereocenters. The molecule has 186 valence electrons. The average Bonchev–Trinajstić information content (AvgIpc) is 3.27. The number of carbonyl (C=O) groups excluding carboxylic acids is 1. The Hall–Kier alpha value is -4.38. The molecule has 10 nitrogen and oxygen atoms in total. The number of imidazole rings is 1. The van der Waals surface area contributed by atoms with Crippen LogP contribution in [0.15, 0.2) is 53.5 Å². The van der Waals surface area contributed by atoms with Crippen molar-refractivity contribution in [3.05, 3.63) is 97.3 Å². The van der Waals surface area contributed by atoms with Gasteiger partial charge in [0.15, 0.2) is 0 Å². The predicted octanol–water partition coefficient (Wildman–Crippen LogP) is 3.49. The van der Waals surface area contributed by atoms with Crippen molar-refractivity contribution in [2.24, 2.45) is 0 Å². The van der Waals surface area contributed by atoms with E-state index in [2.05, 4.69) is 4.98 Å². The van der Waals surface area contributed by atoms with Gasteiger partial charge in [0.1, 0.15) is 11.4 Å². The zero-order valence-electron chi connectivity index (χ0n) is 19.6. The lowest BCUT2D eigenvalue weighted by atomic mass is 10.0. The van der Waals surface area contributed by atoms with Gasteiger partial charge in [-0.15, -0.1) is 0 Å². The molecule has 36 heavy (non-hydrogen) atoms. The smallest absolute Gasteiger partial charge is 0.345 e. The lowest BCUT2D eigenvalue weighted by Gasteiger charge is -2.14. The maximum Gasteiger partial charge on any atom is 0.345 e. The standard InChI is InChI=1S/C25H23FN4O6/c1-3-15-6-5-7-20(26)18(15)12-28-13-19(24(33)36-4-2)23(32)29-21(14-31)22(27-25(28)29)16-8-10-17(11-9-16)30(34)35/h5-11,13,31H,3-4,12,14H2,1-2H3. The van der Waals surface area contributed by atoms with Gasteiger partial charge in [-0.1, -0.05) is 19.1 Å². The highest BCUT2D eigenvalue weighted by Gasteiger charge is 2.24. The summed E-state index contributed by atoms with van der Waals surface area (Å²) in [6.07, 6.45) is 1.83. The first-order valence-corrected chi connectivity index (χ1v) is 11.2. The van der Waals surface area contributed by atoms with E-state index in [1.165, 1.54) is 41.1 Å². The number of aryl methyl sites for hydroxylation is 1. The highest BCUT2D eigenvalue weighted by atomic mass is 19.1. The van der Waals surface area contributed by atoms with Crippen LogP contribution in [-0.2, 0) is 24.3 Å². The molecule has 11 heteroatoms. The number of nitrogens with zero attached hydrogens (tertiary/aromatic N) is 4. The van der Waals surface area contributed by atoms with Crippen molar-refractivity contribution < 1.29 is 24.0 Å². The molecule has 4 aromatic rings. The van der Waals surface area contributed by atoms with Crippen LogP contribution in [0.25, 0.3) is 17.0 Å². The summed E-state index contributed by atoms with van der Waals surface area (Å²) in [5, 5.41) is 21.2. The minimum Gasteiger partial charge on any atom is -0.462 e. The molecule has 2 aromatic heterocycles. The van der Waals surface area contributed by atoms with Crippen LogP contribution in [0.1, 0.15) is 41.0 Å². The monoisotopic (exact) mass is 494 g/mol. The van der Waals surface area contributed by atoms with Crippen LogP contribution < -0.4 is 5.56 Å². The summed E-state index contributed by atoms with van der Waals surface area (Å²) in [4.78, 5) is 41.0. The maximum absolute atomic E-state index is 14.8. The Morgan fingerprint density at radius 1 is 1.19 bits per heavy atom. The number of hydrogen-bond acceptors (Lipinski definition) is 7. The summed E-state index contributed by atoms with van der Waals surface area (Å²) in [6.45, 7) is 2.86. The first kappa shape index (κ1) is 24.7. The zero-order chi connectivity index (χ0) is 26.0. The number of fused-ring (bicyclic) bond motifs is 1. The number of nitro benzene ring substituents is 1. The minimum atomic E-state index is -0.864. The lowest BCUT2D eigenvalue weighted by molar-refractivity contribution is -0.384. The fourth-order valence-corrected chi connectivity index (χ4v) is 4.10. The number of hydrogen-bond donors (Lipinski definition) is 1. The van der Waals surface area contributed by atoms with E-state index in [1.54, 1.807) is 19.1 Å². The van der Waals surface area contributed by atoms with Gasteiger partial charge >= 0.3 is 5.97 Å². The first-order valence-electron chi connectivity index (χ1n) is 11.2. The molecule has 0 fully saturated rings. The van der Waals surface area contributed by atoms with Crippen LogP contribution in [-0.4, -0.2) is 36.6 Å². The molecule has 4 rings (SSSR count). The Kier molecular flexibility index (Phi) is 6.93. The summed E-state index contributed by atoms with van der Waals surface area (Å²) in [7, 11) is 0. The van der Waals surface area contributed by atoms with Crippen LogP contribution in [0.2, 0.25) is 0 Å². The molecule has 0 aliphatic heterocycles. The molecular weight excluding hydrogens is 471 g/mol. The molecule has 1 N–H and O–H groups in total. The Bertz CT molecular complexity index is 1520. The number of esters is 1. The molecule has 0 aliphatic carbocycles. The molecule has 0 saturated heterocycles. The number of ether oxygens (including phenoxy) is 1. The number of aromatic nitrogens is 3. The molecule has 0 aliphatic rings. The fraction of sp³-hybridized carbons (Fsp3) is 0.240. The van der Waals surface area contributed by atoms with Crippen LogP contribution in [0.4, 0.5) is 10.1 Å². The summed E-state index contributed by atoms with van der Waals surface area (Å²) >= 11 is 0. The molecule has 0 radical (unpaired) electrons. The number of aliphatic hydroxyl groups is 1. The third-order valence-corrected chi connectivity index (χ3v) is 5.85. The Labute approximate surface area is 204 Å². The summed E-state index contributed by atoms with van der Waals surface area (Å²) in [5.41, 5.74) is 0.604. The minimum absolute atomic E-state index is 0.0361. The van der Waals surface area contributed by atoms with Crippen molar-refractivity contribution in [2.45, 2.75) is 33.4 Å². The van der Waals surface area contributed by atoms with Crippen LogP contribution in [0.3, 0.4) is 0 Å². The Morgan fingerprint density at radius 2 is 1.92 bits per heavy atom. The van der Waals surface area contributed by atoms with Crippen molar-refractivity contribution in [3.8, 4) is 11.3 Å². The molecule has 0 unspecified atom stereocenters. The lowest BCUT2D eigenvalue weighted by Crippen LogP contribution is -2.28. The van der Waals surface area contributed by atoms with E-state index in [4.69, 9.17) is 4.74 Å². The Morgan fingerprint density at radius 3 is 2.53 bits per heavy atom. The van der Waals surface area contributed by atoms with Crippen molar-refractivity contribution in [1.82, 2.24) is 14.0 Å². The summed E-state index contributed by atoms with van der Waals surface area (Å²) in [6, 6.07) is 10.2. The van der Waals surface area contributed by atoms with Gasteiger partial charge in [0, 0.05) is 29.5 Å². The van der Waals surface area contributed by atoms with Crippen molar-refractivity contribution in [2.75, 3.05) is 6.61 Å². The number of non-ortho nitro benzene ring substituents is 1. The van der Waals surface area contributed by atoms with Gasteiger partial charge in [0.2, 0.25) is 5.78 Å². The Balaban J connectivity index is 2.00. The van der Waals surface area contributed by atoms with E-state index in [9.17, 15) is 29.2 Å². The summed E-state index contributed by atoms with van der Waals surface area (Å²) < 4.78 is 22.4. The number of aliphatic hydroxyl groups excluding tert-OH is 1. The fourth-order valence-electron chi connectivity index (χ4n) is 4.10. The van der Waals surface area contributed by atoms with Gasteiger partial charge in [-0.05, 0) is 37.1 Å². The topological polar surface area (TPSA) is 129 Å². The van der Waals surface area contributed by atoms with E-state index >= 15 is 0 Å². The quantitative estimate of drug-likeness (QED) is 0.225. The van der Waals surface area contributed by atoms with Crippen LogP contribution in [0.5, 0.6) is 0 Å². The van der Waals surface area contributed by atoms with E-state index < -0.39 is 28.9 Å². The van der Waals surface area contributed by atoms with Gasteiger partial charge in [-0.3, -0.25) is 14.9 Å². The SMILES string of the molecule is CCOC(=O)c1cn(Cc2c(F)cccc2CC)c2nc(-c3ccc([N+](=O)[O-])cc3)c(CO)n2c1=O. The highest BCUT2D eigenvalue weighted by molar-refractivity contribution is 5.89. The molecular formula is C25H23FN4O6. The van der Waals surface area contributed by atoms with Crippen LogP contribution in [0, 0.1) is 15.9 Å². The van der Waals surface area contributed by atoms with Crippen LogP contribution >= 0.6 is 0 Å². The average molecular weight is 494 g/mol. The number of halogens is 1. The predicted molar refractivity (Wildman–Crippen MR) is 128 cm³/mol. The van der Waals surface area contributed by atoms with E-state index in [0.717, 1.165) is 9.96 Å². The van der Waals surface area contributed by atoms with E-state index in [-0.39, 0.29) is 41.6 Å². The van der Waals surface area contributed by atoms with Gasteiger partial charge < -0.3 is 14.4 Å². The van der Waals surface area contributed by atoms with Gasteiger partial charge in [-0.2, -0.15) is 0 Å². The van der Waals surface area contributed by atoms with Crippen molar-refractivity contribution in [3.63, 3.8) is 0 Å². The first-order chi connectivity index (χ1) is 17.3. The molecule has 0 saturated carbocycles. The van der Waals surface area contributed by atoms with Gasteiger partial charge in [-0.25, -0.2) is 18.6 Å². The third kappa shape index (κ3) is 4.36. The second-order valence-corrected chi connectivity index (χ2v) is 7.93. The molecule has 0 spiro atoms. The summed E-state index contributed by atoms with van der Waals surface area (Å²) in [5.74, 6) is -1.25. The number of carbonyl (C=O) groups is 1. The normalized spacial score (nSPS) is 11.1. The molecule has 0 amide bonds. The van der Waals surface area contributed by atoms with Crippen molar-refractivity contribution in [1.29, 1.82) is 0 Å². The van der Waals surface area contributed by atoms with E-state index in [1.807, 2.05) is 6.92 Å². The van der Waals surface area contributed by atoms with Gasteiger partial charge in [0.25, 0.3) is 11.2 Å². The highest BCUT2D eigenvalue weighted by Crippen LogP contribution is 2.27. The second-order valence-electron chi connectivity index (χ2n) is 7.93. The zero-order valence-corrected chi connectivity index (χ0v) is 19.6. The molecule has 0 bridgehead atoms. The number of nitro groups is 1. The largest absolute Gasteiger partial charge is 0.462 e. The third-order valence-electron chi connectivity index (χ3n) is 5.85. The number of rotatable bonds is 8. The van der Waals surface area contributed by atoms with E-state index in [0.29, 0.717) is 17.5 Å².